The standard InChI is InChI=1S/C15H20FNO2/c1-11-4-3-5-13(14(11)16)15(18)17(2)10-12-6-8-19-9-7-12/h3-5,12H,6-10H2,1-2H3. The molecule has 0 N–H and O–H groups in total. The Morgan fingerprint density at radius 2 is 2.11 bits per heavy atom. The summed E-state index contributed by atoms with van der Waals surface area (Å²) in [6.45, 7) is 3.84. The van der Waals surface area contributed by atoms with Crippen molar-refractivity contribution >= 4 is 5.91 Å². The molecule has 0 spiro atoms. The molecule has 1 saturated heterocycles. The third kappa shape index (κ3) is 3.32. The second-order valence-corrected chi connectivity index (χ2v) is 5.18. The van der Waals surface area contributed by atoms with Crippen LogP contribution < -0.4 is 0 Å². The minimum Gasteiger partial charge on any atom is -0.381 e. The van der Waals surface area contributed by atoms with Gasteiger partial charge in [0.1, 0.15) is 5.82 Å². The van der Waals surface area contributed by atoms with Crippen molar-refractivity contribution in [1.82, 2.24) is 4.90 Å². The monoisotopic (exact) mass is 265 g/mol. The summed E-state index contributed by atoms with van der Waals surface area (Å²) in [5.41, 5.74) is 0.667. The smallest absolute Gasteiger partial charge is 0.256 e. The highest BCUT2D eigenvalue weighted by molar-refractivity contribution is 5.94. The summed E-state index contributed by atoms with van der Waals surface area (Å²) >= 11 is 0. The molecule has 19 heavy (non-hydrogen) atoms. The van der Waals surface area contributed by atoms with Crippen LogP contribution in [-0.2, 0) is 4.74 Å². The van der Waals surface area contributed by atoms with Crippen molar-refractivity contribution in [2.24, 2.45) is 5.92 Å². The third-order valence-electron chi connectivity index (χ3n) is 3.64. The van der Waals surface area contributed by atoms with Gasteiger partial charge < -0.3 is 9.64 Å². The van der Waals surface area contributed by atoms with Crippen molar-refractivity contribution in [3.8, 4) is 0 Å². The second-order valence-electron chi connectivity index (χ2n) is 5.18. The van der Waals surface area contributed by atoms with Crippen molar-refractivity contribution in [2.45, 2.75) is 19.8 Å². The van der Waals surface area contributed by atoms with Gasteiger partial charge in [-0.05, 0) is 37.3 Å². The minimum atomic E-state index is -0.411. The Morgan fingerprint density at radius 3 is 2.79 bits per heavy atom. The van der Waals surface area contributed by atoms with Crippen molar-refractivity contribution < 1.29 is 13.9 Å². The molecule has 2 rings (SSSR count). The quantitative estimate of drug-likeness (QED) is 0.841. The zero-order valence-corrected chi connectivity index (χ0v) is 11.5. The van der Waals surface area contributed by atoms with E-state index < -0.39 is 5.82 Å². The van der Waals surface area contributed by atoms with Gasteiger partial charge in [0.05, 0.1) is 5.56 Å². The molecular formula is C15H20FNO2. The molecule has 4 heteroatoms. The molecule has 0 atom stereocenters. The van der Waals surface area contributed by atoms with Gasteiger partial charge >= 0.3 is 0 Å². The highest BCUT2D eigenvalue weighted by Crippen LogP contribution is 2.18. The lowest BCUT2D eigenvalue weighted by molar-refractivity contribution is 0.0495. The van der Waals surface area contributed by atoms with Gasteiger partial charge in [0.2, 0.25) is 0 Å². The van der Waals surface area contributed by atoms with Gasteiger partial charge in [0, 0.05) is 26.8 Å². The zero-order valence-electron chi connectivity index (χ0n) is 11.5. The summed E-state index contributed by atoms with van der Waals surface area (Å²) in [6, 6.07) is 4.93. The molecule has 3 nitrogen and oxygen atoms in total. The van der Waals surface area contributed by atoms with Crippen molar-refractivity contribution in [3.63, 3.8) is 0 Å². The van der Waals surface area contributed by atoms with Gasteiger partial charge in [-0.25, -0.2) is 4.39 Å². The summed E-state index contributed by atoms with van der Waals surface area (Å²) in [4.78, 5) is 13.9. The normalized spacial score (nSPS) is 16.4. The van der Waals surface area contributed by atoms with Crippen LogP contribution >= 0.6 is 0 Å². The van der Waals surface area contributed by atoms with E-state index in [9.17, 15) is 9.18 Å². The molecule has 0 bridgehead atoms. The highest BCUT2D eigenvalue weighted by Gasteiger charge is 2.21. The number of carbonyl (C=O) groups excluding carboxylic acids is 1. The van der Waals surface area contributed by atoms with Crippen molar-refractivity contribution in [1.29, 1.82) is 0 Å². The minimum absolute atomic E-state index is 0.162. The summed E-state index contributed by atoms with van der Waals surface area (Å²) in [5.74, 6) is -0.199. The van der Waals surface area contributed by atoms with E-state index in [4.69, 9.17) is 4.74 Å². The molecule has 1 amide bonds. The number of amides is 1. The predicted molar refractivity (Wildman–Crippen MR) is 71.6 cm³/mol. The molecule has 1 aromatic carbocycles. The number of benzene rings is 1. The van der Waals surface area contributed by atoms with Gasteiger partial charge in [-0.15, -0.1) is 0 Å². The molecule has 104 valence electrons. The fourth-order valence-electron chi connectivity index (χ4n) is 2.42. The molecule has 1 aliphatic heterocycles. The first-order valence-corrected chi connectivity index (χ1v) is 6.68. The molecule has 0 unspecified atom stereocenters. The van der Waals surface area contributed by atoms with E-state index in [1.54, 1.807) is 37.1 Å². The maximum absolute atomic E-state index is 13.9. The molecule has 0 radical (unpaired) electrons. The highest BCUT2D eigenvalue weighted by atomic mass is 19.1. The van der Waals surface area contributed by atoms with Crippen LogP contribution in [0.4, 0.5) is 4.39 Å². The fraction of sp³-hybridized carbons (Fsp3) is 0.533. The molecule has 1 heterocycles. The number of carbonyl (C=O) groups is 1. The largest absolute Gasteiger partial charge is 0.381 e. The zero-order chi connectivity index (χ0) is 13.8. The van der Waals surface area contributed by atoms with Gasteiger partial charge in [-0.3, -0.25) is 4.79 Å². The summed E-state index contributed by atoms with van der Waals surface area (Å²) in [6.07, 6.45) is 1.93. The molecule has 0 aromatic heterocycles. The number of halogens is 1. The van der Waals surface area contributed by atoms with E-state index in [0.717, 1.165) is 26.1 Å². The maximum atomic E-state index is 13.9. The van der Waals surface area contributed by atoms with Crippen LogP contribution in [0.3, 0.4) is 0 Å². The summed E-state index contributed by atoms with van der Waals surface area (Å²) in [5, 5.41) is 0. The van der Waals surface area contributed by atoms with Gasteiger partial charge in [0.15, 0.2) is 0 Å². The van der Waals surface area contributed by atoms with E-state index in [2.05, 4.69) is 0 Å². The molecular weight excluding hydrogens is 245 g/mol. The number of aryl methyl sites for hydroxylation is 1. The number of nitrogens with zero attached hydrogens (tertiary/aromatic N) is 1. The van der Waals surface area contributed by atoms with Gasteiger partial charge in [-0.1, -0.05) is 12.1 Å². The van der Waals surface area contributed by atoms with Crippen LogP contribution in [0.5, 0.6) is 0 Å². The number of rotatable bonds is 3. The third-order valence-corrected chi connectivity index (χ3v) is 3.64. The Bertz CT molecular complexity index is 455. The number of ether oxygens (including phenoxy) is 1. The fourth-order valence-corrected chi connectivity index (χ4v) is 2.42. The van der Waals surface area contributed by atoms with Crippen molar-refractivity contribution in [3.05, 3.63) is 35.1 Å². The summed E-state index contributed by atoms with van der Waals surface area (Å²) < 4.78 is 19.2. The van der Waals surface area contributed by atoms with Gasteiger partial charge in [-0.2, -0.15) is 0 Å². The van der Waals surface area contributed by atoms with Crippen LogP contribution in [0.1, 0.15) is 28.8 Å². The Labute approximate surface area is 113 Å². The Morgan fingerprint density at radius 1 is 1.42 bits per heavy atom. The molecule has 0 saturated carbocycles. The number of hydrogen-bond acceptors (Lipinski definition) is 2. The van der Waals surface area contributed by atoms with Gasteiger partial charge in [0.25, 0.3) is 5.91 Å². The average Bonchev–Trinajstić information content (AvgIpc) is 2.42. The Balaban J connectivity index is 2.03. The van der Waals surface area contributed by atoms with Crippen LogP contribution in [-0.4, -0.2) is 37.6 Å². The van der Waals surface area contributed by atoms with E-state index in [-0.39, 0.29) is 11.5 Å². The number of hydrogen-bond donors (Lipinski definition) is 0. The lowest BCUT2D eigenvalue weighted by atomic mass is 9.99. The SMILES string of the molecule is Cc1cccc(C(=O)N(C)CC2CCOCC2)c1F. The van der Waals surface area contributed by atoms with Crippen LogP contribution in [0.25, 0.3) is 0 Å². The Hall–Kier alpha value is -1.42. The lowest BCUT2D eigenvalue weighted by Gasteiger charge is -2.27. The van der Waals surface area contributed by atoms with Crippen LogP contribution in [0.2, 0.25) is 0 Å². The van der Waals surface area contributed by atoms with E-state index in [0.29, 0.717) is 18.0 Å². The first-order valence-electron chi connectivity index (χ1n) is 6.68. The first kappa shape index (κ1) is 14.0. The first-order chi connectivity index (χ1) is 9.09. The summed E-state index contributed by atoms with van der Waals surface area (Å²) in [7, 11) is 1.74. The van der Waals surface area contributed by atoms with Crippen LogP contribution in [0, 0.1) is 18.7 Å². The second kappa shape index (κ2) is 6.15. The van der Waals surface area contributed by atoms with E-state index >= 15 is 0 Å². The van der Waals surface area contributed by atoms with Crippen LogP contribution in [0.15, 0.2) is 18.2 Å². The topological polar surface area (TPSA) is 29.5 Å². The Kier molecular flexibility index (Phi) is 4.53. The van der Waals surface area contributed by atoms with Crippen molar-refractivity contribution in [2.75, 3.05) is 26.8 Å². The lowest BCUT2D eigenvalue weighted by Crippen LogP contribution is -2.34. The molecule has 1 aromatic rings. The maximum Gasteiger partial charge on any atom is 0.256 e. The van der Waals surface area contributed by atoms with E-state index in [1.807, 2.05) is 0 Å². The average molecular weight is 265 g/mol. The molecule has 0 aliphatic carbocycles. The van der Waals surface area contributed by atoms with E-state index in [1.165, 1.54) is 0 Å². The molecule has 1 fully saturated rings. The molecule has 1 aliphatic rings. The predicted octanol–water partition coefficient (Wildman–Crippen LogP) is 2.63.